The molecule has 0 bridgehead atoms. The maximum absolute atomic E-state index is 13.2. The van der Waals surface area contributed by atoms with Crippen LogP contribution in [0, 0.1) is 20.8 Å². The second-order valence-electron chi connectivity index (χ2n) is 7.02. The molecule has 2 aromatic heterocycles. The molecule has 3 aromatic rings. The van der Waals surface area contributed by atoms with E-state index in [0.29, 0.717) is 11.7 Å². The van der Waals surface area contributed by atoms with Gasteiger partial charge in [-0.15, -0.1) is 5.10 Å². The molecule has 2 heterocycles. The van der Waals surface area contributed by atoms with Crippen LogP contribution in [-0.4, -0.2) is 14.2 Å². The standard InChI is InChI=1S/C21H27N3O/c1-7-16(8-2)18-12-15(5)24-19(18)21(25)23(6)20(22-24)17-10-9-13(3)11-14(17)4/h9-12,16H,7-8H2,1-6H3. The minimum absolute atomic E-state index is 0.0278. The van der Waals surface area contributed by atoms with Gasteiger partial charge in [0.2, 0.25) is 0 Å². The van der Waals surface area contributed by atoms with E-state index in [1.165, 1.54) is 5.56 Å². The second-order valence-corrected chi connectivity index (χ2v) is 7.02. The first-order valence-corrected chi connectivity index (χ1v) is 9.05. The molecule has 0 unspecified atom stereocenters. The zero-order valence-electron chi connectivity index (χ0n) is 16.1. The number of aryl methyl sites for hydroxylation is 3. The Bertz CT molecular complexity index is 991. The zero-order chi connectivity index (χ0) is 18.3. The van der Waals surface area contributed by atoms with E-state index in [1.807, 2.05) is 18.5 Å². The van der Waals surface area contributed by atoms with Gasteiger partial charge >= 0.3 is 0 Å². The van der Waals surface area contributed by atoms with Crippen molar-refractivity contribution >= 4 is 5.52 Å². The third-order valence-corrected chi connectivity index (χ3v) is 5.25. The van der Waals surface area contributed by atoms with Crippen molar-refractivity contribution in [3.8, 4) is 11.4 Å². The average molecular weight is 337 g/mol. The topological polar surface area (TPSA) is 39.3 Å². The van der Waals surface area contributed by atoms with E-state index in [2.05, 4.69) is 52.0 Å². The molecule has 4 nitrogen and oxygen atoms in total. The van der Waals surface area contributed by atoms with Crippen molar-refractivity contribution < 1.29 is 0 Å². The second kappa shape index (κ2) is 6.51. The highest BCUT2D eigenvalue weighted by Crippen LogP contribution is 2.29. The van der Waals surface area contributed by atoms with Crippen LogP contribution in [0.3, 0.4) is 0 Å². The van der Waals surface area contributed by atoms with E-state index in [9.17, 15) is 4.79 Å². The normalized spacial score (nSPS) is 11.6. The molecule has 0 aliphatic heterocycles. The summed E-state index contributed by atoms with van der Waals surface area (Å²) in [4.78, 5) is 13.2. The Morgan fingerprint density at radius 2 is 1.76 bits per heavy atom. The molecule has 25 heavy (non-hydrogen) atoms. The highest BCUT2D eigenvalue weighted by atomic mass is 16.1. The minimum Gasteiger partial charge on any atom is -0.293 e. The molecular weight excluding hydrogens is 310 g/mol. The monoisotopic (exact) mass is 337 g/mol. The Balaban J connectivity index is 2.34. The third kappa shape index (κ3) is 2.80. The molecule has 4 heteroatoms. The summed E-state index contributed by atoms with van der Waals surface area (Å²) in [5.74, 6) is 1.11. The molecule has 0 amide bonds. The first-order chi connectivity index (χ1) is 11.9. The van der Waals surface area contributed by atoms with Crippen LogP contribution in [0.5, 0.6) is 0 Å². The summed E-state index contributed by atoms with van der Waals surface area (Å²) in [6.45, 7) is 10.5. The maximum atomic E-state index is 13.2. The molecule has 0 aliphatic carbocycles. The van der Waals surface area contributed by atoms with Crippen LogP contribution < -0.4 is 5.56 Å². The molecule has 0 saturated heterocycles. The highest BCUT2D eigenvalue weighted by Gasteiger charge is 2.20. The predicted octanol–water partition coefficient (Wildman–Crippen LogP) is 4.53. The number of hydrogen-bond donors (Lipinski definition) is 0. The van der Waals surface area contributed by atoms with Crippen LogP contribution in [0.15, 0.2) is 29.1 Å². The largest absolute Gasteiger partial charge is 0.293 e. The van der Waals surface area contributed by atoms with E-state index < -0.39 is 0 Å². The molecule has 0 spiro atoms. The smallest absolute Gasteiger partial charge is 0.278 e. The van der Waals surface area contributed by atoms with Gasteiger partial charge in [0, 0.05) is 18.3 Å². The van der Waals surface area contributed by atoms with E-state index in [0.717, 1.165) is 40.7 Å². The van der Waals surface area contributed by atoms with Gasteiger partial charge in [-0.05, 0) is 56.7 Å². The highest BCUT2D eigenvalue weighted by molar-refractivity contribution is 5.64. The first kappa shape index (κ1) is 17.5. The van der Waals surface area contributed by atoms with E-state index in [-0.39, 0.29) is 5.56 Å². The Labute approximate surface area is 149 Å². The van der Waals surface area contributed by atoms with Crippen LogP contribution in [-0.2, 0) is 7.05 Å². The quantitative estimate of drug-likeness (QED) is 0.702. The Kier molecular flexibility index (Phi) is 4.55. The first-order valence-electron chi connectivity index (χ1n) is 9.05. The van der Waals surface area contributed by atoms with Crippen LogP contribution in [0.1, 0.15) is 55.0 Å². The van der Waals surface area contributed by atoms with Gasteiger partial charge in [0.25, 0.3) is 5.56 Å². The number of rotatable bonds is 4. The summed E-state index contributed by atoms with van der Waals surface area (Å²) in [6.07, 6.45) is 2.05. The Morgan fingerprint density at radius 1 is 1.08 bits per heavy atom. The fourth-order valence-electron chi connectivity index (χ4n) is 3.75. The summed E-state index contributed by atoms with van der Waals surface area (Å²) < 4.78 is 3.53. The van der Waals surface area contributed by atoms with Gasteiger partial charge in [-0.1, -0.05) is 37.6 Å². The van der Waals surface area contributed by atoms with Crippen molar-refractivity contribution in [3.63, 3.8) is 0 Å². The number of hydrogen-bond acceptors (Lipinski definition) is 2. The van der Waals surface area contributed by atoms with Crippen molar-refractivity contribution in [2.45, 2.75) is 53.4 Å². The Morgan fingerprint density at radius 3 is 2.36 bits per heavy atom. The van der Waals surface area contributed by atoms with Crippen LogP contribution in [0.2, 0.25) is 0 Å². The number of nitrogens with zero attached hydrogens (tertiary/aromatic N) is 3. The van der Waals surface area contributed by atoms with Crippen molar-refractivity contribution in [1.82, 2.24) is 14.2 Å². The van der Waals surface area contributed by atoms with Gasteiger partial charge in [-0.3, -0.25) is 9.36 Å². The fourth-order valence-corrected chi connectivity index (χ4v) is 3.75. The van der Waals surface area contributed by atoms with Gasteiger partial charge in [0.15, 0.2) is 5.82 Å². The summed E-state index contributed by atoms with van der Waals surface area (Å²) in [6, 6.07) is 8.38. The lowest BCUT2D eigenvalue weighted by atomic mass is 9.95. The van der Waals surface area contributed by atoms with Gasteiger partial charge in [0.1, 0.15) is 5.52 Å². The van der Waals surface area contributed by atoms with E-state index in [4.69, 9.17) is 5.10 Å². The SMILES string of the molecule is CCC(CC)c1cc(C)n2nc(-c3ccc(C)cc3C)n(C)c(=O)c12. The van der Waals surface area contributed by atoms with Gasteiger partial charge in [-0.25, -0.2) is 4.52 Å². The maximum Gasteiger partial charge on any atom is 0.278 e. The molecule has 0 atom stereocenters. The van der Waals surface area contributed by atoms with Crippen molar-refractivity contribution in [1.29, 1.82) is 0 Å². The van der Waals surface area contributed by atoms with Crippen molar-refractivity contribution in [2.75, 3.05) is 0 Å². The number of benzene rings is 1. The molecule has 0 radical (unpaired) electrons. The number of aromatic nitrogens is 3. The summed E-state index contributed by atoms with van der Waals surface area (Å²) in [7, 11) is 1.82. The molecule has 132 valence electrons. The lowest BCUT2D eigenvalue weighted by molar-refractivity contribution is 0.644. The molecular formula is C21H27N3O. The summed E-state index contributed by atoms with van der Waals surface area (Å²) >= 11 is 0. The molecule has 0 aliphatic rings. The van der Waals surface area contributed by atoms with Crippen LogP contribution >= 0.6 is 0 Å². The zero-order valence-corrected chi connectivity index (χ0v) is 16.1. The van der Waals surface area contributed by atoms with Gasteiger partial charge in [-0.2, -0.15) is 0 Å². The molecule has 0 saturated carbocycles. The van der Waals surface area contributed by atoms with Crippen LogP contribution in [0.25, 0.3) is 16.9 Å². The van der Waals surface area contributed by atoms with Crippen LogP contribution in [0.4, 0.5) is 0 Å². The van der Waals surface area contributed by atoms with E-state index in [1.54, 1.807) is 4.57 Å². The average Bonchev–Trinajstić information content (AvgIpc) is 2.89. The minimum atomic E-state index is 0.0278. The van der Waals surface area contributed by atoms with E-state index >= 15 is 0 Å². The summed E-state index contributed by atoms with van der Waals surface area (Å²) in [5, 5.41) is 4.85. The fraction of sp³-hybridized carbons (Fsp3) is 0.429. The molecule has 3 rings (SSSR count). The van der Waals surface area contributed by atoms with Gasteiger partial charge in [0.05, 0.1) is 0 Å². The lowest BCUT2D eigenvalue weighted by Gasteiger charge is -2.14. The number of fused-ring (bicyclic) bond motifs is 1. The Hall–Kier alpha value is -2.36. The lowest BCUT2D eigenvalue weighted by Crippen LogP contribution is -2.24. The van der Waals surface area contributed by atoms with Crippen molar-refractivity contribution in [2.24, 2.45) is 7.05 Å². The molecule has 1 aromatic carbocycles. The predicted molar refractivity (Wildman–Crippen MR) is 103 cm³/mol. The molecule has 0 fully saturated rings. The molecule has 0 N–H and O–H groups in total. The van der Waals surface area contributed by atoms with Crippen molar-refractivity contribution in [3.05, 3.63) is 57.0 Å². The van der Waals surface area contributed by atoms with Gasteiger partial charge < -0.3 is 0 Å². The summed E-state index contributed by atoms with van der Waals surface area (Å²) in [5.41, 5.74) is 6.24. The third-order valence-electron chi connectivity index (χ3n) is 5.25.